The van der Waals surface area contributed by atoms with Crippen molar-refractivity contribution in [2.45, 2.75) is 32.7 Å². The predicted molar refractivity (Wildman–Crippen MR) is 118 cm³/mol. The topological polar surface area (TPSA) is 83.0 Å². The summed E-state index contributed by atoms with van der Waals surface area (Å²) in [5, 5.41) is 6.01. The summed E-state index contributed by atoms with van der Waals surface area (Å²) in [6.07, 6.45) is 3.72. The van der Waals surface area contributed by atoms with Gasteiger partial charge in [0.25, 0.3) is 0 Å². The second-order valence-electron chi connectivity index (χ2n) is 7.75. The van der Waals surface area contributed by atoms with Gasteiger partial charge in [-0.2, -0.15) is 0 Å². The summed E-state index contributed by atoms with van der Waals surface area (Å²) in [7, 11) is 0. The Kier molecular flexibility index (Phi) is 6.18. The lowest BCUT2D eigenvalue weighted by molar-refractivity contribution is -0.117. The molecular formula is C23H25FN6O. The largest absolute Gasteiger partial charge is 0.325 e. The van der Waals surface area contributed by atoms with Crippen LogP contribution >= 0.6 is 0 Å². The number of anilines is 3. The second-order valence-corrected chi connectivity index (χ2v) is 7.75. The average molecular weight is 420 g/mol. The summed E-state index contributed by atoms with van der Waals surface area (Å²) in [5.74, 6) is 0.0986. The van der Waals surface area contributed by atoms with Gasteiger partial charge in [0.15, 0.2) is 0 Å². The third kappa shape index (κ3) is 5.40. The molecular weight excluding hydrogens is 395 g/mol. The molecule has 0 saturated carbocycles. The van der Waals surface area contributed by atoms with E-state index in [9.17, 15) is 9.18 Å². The number of nitrogens with one attached hydrogen (secondary N) is 2. The normalized spacial score (nSPS) is 16.3. The van der Waals surface area contributed by atoms with Gasteiger partial charge in [0.2, 0.25) is 11.9 Å². The zero-order chi connectivity index (χ0) is 21.8. The fourth-order valence-corrected chi connectivity index (χ4v) is 3.86. The minimum Gasteiger partial charge on any atom is -0.325 e. The van der Waals surface area contributed by atoms with E-state index in [2.05, 4.69) is 30.5 Å². The van der Waals surface area contributed by atoms with Crippen molar-refractivity contribution in [1.82, 2.24) is 19.9 Å². The summed E-state index contributed by atoms with van der Waals surface area (Å²) >= 11 is 0. The second kappa shape index (κ2) is 9.18. The molecule has 160 valence electrons. The Balaban J connectivity index is 1.38. The molecule has 0 spiro atoms. The van der Waals surface area contributed by atoms with Crippen LogP contribution in [0.2, 0.25) is 0 Å². The van der Waals surface area contributed by atoms with Crippen LogP contribution in [0.25, 0.3) is 0 Å². The van der Waals surface area contributed by atoms with Gasteiger partial charge in [0.1, 0.15) is 5.82 Å². The SMILES string of the molecule is Cc1cc(C)nc(Nc2ccc(C3CCCN3CC(=O)Nc3ccc(F)cc3)nc2)n1. The van der Waals surface area contributed by atoms with Crippen molar-refractivity contribution < 1.29 is 9.18 Å². The maximum absolute atomic E-state index is 13.0. The van der Waals surface area contributed by atoms with Crippen molar-refractivity contribution >= 4 is 23.2 Å². The molecule has 3 heterocycles. The fourth-order valence-electron chi connectivity index (χ4n) is 3.86. The van der Waals surface area contributed by atoms with Gasteiger partial charge in [-0.3, -0.25) is 14.7 Å². The van der Waals surface area contributed by atoms with E-state index >= 15 is 0 Å². The summed E-state index contributed by atoms with van der Waals surface area (Å²) in [6, 6.07) is 11.7. The molecule has 0 aliphatic carbocycles. The first-order valence-corrected chi connectivity index (χ1v) is 10.3. The van der Waals surface area contributed by atoms with Crippen LogP contribution < -0.4 is 10.6 Å². The molecule has 0 bridgehead atoms. The maximum atomic E-state index is 13.0. The first-order chi connectivity index (χ1) is 15.0. The number of benzene rings is 1. The predicted octanol–water partition coefficient (Wildman–Crippen LogP) is 4.15. The number of likely N-dealkylation sites (tertiary alicyclic amines) is 1. The molecule has 31 heavy (non-hydrogen) atoms. The van der Waals surface area contributed by atoms with E-state index in [1.54, 1.807) is 18.3 Å². The van der Waals surface area contributed by atoms with Crippen LogP contribution in [0.3, 0.4) is 0 Å². The Morgan fingerprint density at radius 1 is 1.10 bits per heavy atom. The summed E-state index contributed by atoms with van der Waals surface area (Å²) in [5.41, 5.74) is 4.14. The van der Waals surface area contributed by atoms with E-state index in [0.29, 0.717) is 11.6 Å². The van der Waals surface area contributed by atoms with Crippen LogP contribution in [-0.4, -0.2) is 38.8 Å². The van der Waals surface area contributed by atoms with Crippen molar-refractivity contribution in [1.29, 1.82) is 0 Å². The molecule has 1 aromatic carbocycles. The van der Waals surface area contributed by atoms with Crippen LogP contribution in [0.5, 0.6) is 0 Å². The van der Waals surface area contributed by atoms with E-state index < -0.39 is 0 Å². The average Bonchev–Trinajstić information content (AvgIpc) is 3.17. The Bertz CT molecular complexity index is 1030. The molecule has 1 atom stereocenters. The van der Waals surface area contributed by atoms with Crippen molar-refractivity contribution in [3.05, 3.63) is 71.6 Å². The number of carbonyl (C=O) groups excluding carboxylic acids is 1. The maximum Gasteiger partial charge on any atom is 0.238 e. The number of aryl methyl sites for hydroxylation is 2. The lowest BCUT2D eigenvalue weighted by atomic mass is 10.1. The van der Waals surface area contributed by atoms with E-state index in [4.69, 9.17) is 0 Å². The molecule has 0 radical (unpaired) electrons. The number of nitrogens with zero attached hydrogens (tertiary/aromatic N) is 4. The molecule has 1 aliphatic rings. The number of carbonyl (C=O) groups is 1. The smallest absolute Gasteiger partial charge is 0.238 e. The van der Waals surface area contributed by atoms with Crippen LogP contribution in [0.15, 0.2) is 48.7 Å². The fraction of sp³-hybridized carbons (Fsp3) is 0.304. The lowest BCUT2D eigenvalue weighted by Crippen LogP contribution is -2.33. The highest BCUT2D eigenvalue weighted by molar-refractivity contribution is 5.92. The summed E-state index contributed by atoms with van der Waals surface area (Å²) in [4.78, 5) is 28.0. The monoisotopic (exact) mass is 420 g/mol. The minimum atomic E-state index is -0.328. The minimum absolute atomic E-state index is 0.0884. The first kappa shape index (κ1) is 20.9. The van der Waals surface area contributed by atoms with Gasteiger partial charge in [-0.15, -0.1) is 0 Å². The van der Waals surface area contributed by atoms with Crippen LogP contribution in [0.1, 0.15) is 36.0 Å². The number of pyridine rings is 1. The van der Waals surface area contributed by atoms with Crippen molar-refractivity contribution in [2.24, 2.45) is 0 Å². The van der Waals surface area contributed by atoms with E-state index in [1.165, 1.54) is 12.1 Å². The van der Waals surface area contributed by atoms with Crippen molar-refractivity contribution in [2.75, 3.05) is 23.7 Å². The molecule has 2 N–H and O–H groups in total. The molecule has 1 amide bonds. The zero-order valence-electron chi connectivity index (χ0n) is 17.6. The number of amides is 1. The lowest BCUT2D eigenvalue weighted by Gasteiger charge is -2.23. The third-order valence-electron chi connectivity index (χ3n) is 5.20. The molecule has 8 heteroatoms. The molecule has 7 nitrogen and oxygen atoms in total. The van der Waals surface area contributed by atoms with Crippen LogP contribution in [0.4, 0.5) is 21.7 Å². The molecule has 2 aromatic heterocycles. The number of halogens is 1. The van der Waals surface area contributed by atoms with Crippen LogP contribution in [0, 0.1) is 19.7 Å². The number of rotatable bonds is 6. The molecule has 4 rings (SSSR count). The Morgan fingerprint density at radius 3 is 2.48 bits per heavy atom. The first-order valence-electron chi connectivity index (χ1n) is 10.3. The standard InChI is InChI=1S/C23H25FN6O/c1-15-12-16(2)27-23(26-15)29-19-9-10-20(25-13-19)21-4-3-11-30(21)14-22(31)28-18-7-5-17(24)6-8-18/h5-10,12-13,21H,3-4,11,14H2,1-2H3,(H,28,31)(H,26,27,29). The van der Waals surface area contributed by atoms with Gasteiger partial charge >= 0.3 is 0 Å². The number of hydrogen-bond acceptors (Lipinski definition) is 6. The Hall–Kier alpha value is -3.39. The Morgan fingerprint density at radius 2 is 1.81 bits per heavy atom. The highest BCUT2D eigenvalue weighted by Gasteiger charge is 2.28. The van der Waals surface area contributed by atoms with E-state index in [-0.39, 0.29) is 24.3 Å². The summed E-state index contributed by atoms with van der Waals surface area (Å²) < 4.78 is 13.0. The van der Waals surface area contributed by atoms with Crippen molar-refractivity contribution in [3.63, 3.8) is 0 Å². The quantitative estimate of drug-likeness (QED) is 0.623. The molecule has 3 aromatic rings. The molecule has 1 fully saturated rings. The summed E-state index contributed by atoms with van der Waals surface area (Å²) in [6.45, 7) is 4.96. The van der Waals surface area contributed by atoms with Gasteiger partial charge in [0.05, 0.1) is 30.2 Å². The van der Waals surface area contributed by atoms with E-state index in [0.717, 1.165) is 42.2 Å². The van der Waals surface area contributed by atoms with Gasteiger partial charge in [-0.05, 0) is 75.7 Å². The zero-order valence-corrected chi connectivity index (χ0v) is 17.6. The molecule has 1 unspecified atom stereocenters. The number of aromatic nitrogens is 3. The van der Waals surface area contributed by atoms with Gasteiger partial charge < -0.3 is 10.6 Å². The van der Waals surface area contributed by atoms with Crippen molar-refractivity contribution in [3.8, 4) is 0 Å². The Labute approximate surface area is 180 Å². The van der Waals surface area contributed by atoms with Gasteiger partial charge in [-0.25, -0.2) is 14.4 Å². The number of hydrogen-bond donors (Lipinski definition) is 2. The third-order valence-corrected chi connectivity index (χ3v) is 5.20. The van der Waals surface area contributed by atoms with Gasteiger partial charge in [-0.1, -0.05) is 0 Å². The van der Waals surface area contributed by atoms with E-state index in [1.807, 2.05) is 32.0 Å². The van der Waals surface area contributed by atoms with Crippen LogP contribution in [-0.2, 0) is 4.79 Å². The molecule has 1 aliphatic heterocycles. The molecule has 1 saturated heterocycles. The highest BCUT2D eigenvalue weighted by Crippen LogP contribution is 2.31. The highest BCUT2D eigenvalue weighted by atomic mass is 19.1. The van der Waals surface area contributed by atoms with Gasteiger partial charge in [0, 0.05) is 17.1 Å².